The van der Waals surface area contributed by atoms with Crippen molar-refractivity contribution in [1.29, 1.82) is 0 Å². The molecule has 0 saturated carbocycles. The first-order valence-electron chi connectivity index (χ1n) is 9.44. The molecule has 2 N–H and O–H groups in total. The highest BCUT2D eigenvalue weighted by molar-refractivity contribution is 7.13. The number of carbonyl (C=O) groups excluding carboxylic acids is 1. The minimum Gasteiger partial charge on any atom is -0.497 e. The molecule has 0 bridgehead atoms. The van der Waals surface area contributed by atoms with Crippen molar-refractivity contribution in [3.05, 3.63) is 52.9 Å². The Bertz CT molecular complexity index is 943. The first-order chi connectivity index (χ1) is 13.6. The summed E-state index contributed by atoms with van der Waals surface area (Å²) in [5.74, 6) is 1.72. The third-order valence-electron chi connectivity index (χ3n) is 5.18. The molecular formula is C21H24N4O2S. The molecule has 1 fully saturated rings. The van der Waals surface area contributed by atoms with Crippen molar-refractivity contribution >= 4 is 23.1 Å². The van der Waals surface area contributed by atoms with Gasteiger partial charge in [0.25, 0.3) is 5.91 Å². The smallest absolute Gasteiger partial charge is 0.251 e. The molecule has 0 aliphatic carbocycles. The van der Waals surface area contributed by atoms with Crippen molar-refractivity contribution in [3.8, 4) is 16.3 Å². The number of nitrogens with zero attached hydrogens (tertiary/aromatic N) is 2. The van der Waals surface area contributed by atoms with Gasteiger partial charge in [-0.3, -0.25) is 9.89 Å². The van der Waals surface area contributed by atoms with Crippen LogP contribution in [-0.2, 0) is 0 Å². The molecule has 3 heterocycles. The van der Waals surface area contributed by atoms with Gasteiger partial charge in [-0.1, -0.05) is 6.07 Å². The maximum Gasteiger partial charge on any atom is 0.251 e. The summed E-state index contributed by atoms with van der Waals surface area (Å²) in [7, 11) is 1.63. The molecule has 28 heavy (non-hydrogen) atoms. The van der Waals surface area contributed by atoms with E-state index in [-0.39, 0.29) is 11.9 Å². The van der Waals surface area contributed by atoms with Crippen LogP contribution < -0.4 is 15.0 Å². The highest BCUT2D eigenvalue weighted by atomic mass is 32.1. The Labute approximate surface area is 168 Å². The van der Waals surface area contributed by atoms with Crippen LogP contribution in [0.1, 0.15) is 28.8 Å². The number of piperidine rings is 1. The molecule has 0 unspecified atom stereocenters. The van der Waals surface area contributed by atoms with Gasteiger partial charge in [0.1, 0.15) is 5.75 Å². The number of anilines is 1. The van der Waals surface area contributed by atoms with Crippen LogP contribution in [0.2, 0.25) is 0 Å². The lowest BCUT2D eigenvalue weighted by molar-refractivity contribution is 0.0930. The maximum atomic E-state index is 12.6. The van der Waals surface area contributed by atoms with E-state index in [1.54, 1.807) is 18.4 Å². The zero-order chi connectivity index (χ0) is 19.5. The van der Waals surface area contributed by atoms with Gasteiger partial charge in [-0.25, -0.2) is 0 Å². The third kappa shape index (κ3) is 3.89. The van der Waals surface area contributed by atoms with Gasteiger partial charge >= 0.3 is 0 Å². The topological polar surface area (TPSA) is 70.2 Å². The third-order valence-corrected chi connectivity index (χ3v) is 6.09. The first kappa shape index (κ1) is 18.6. The molecule has 146 valence electrons. The number of amides is 1. The van der Waals surface area contributed by atoms with Crippen LogP contribution in [0.3, 0.4) is 0 Å². The van der Waals surface area contributed by atoms with E-state index in [4.69, 9.17) is 4.74 Å². The van der Waals surface area contributed by atoms with Gasteiger partial charge < -0.3 is 15.0 Å². The molecule has 0 radical (unpaired) electrons. The minimum atomic E-state index is -0.0154. The van der Waals surface area contributed by atoms with Gasteiger partial charge in [-0.15, -0.1) is 11.3 Å². The summed E-state index contributed by atoms with van der Waals surface area (Å²) in [4.78, 5) is 16.1. The number of hydrogen-bond acceptors (Lipinski definition) is 5. The van der Waals surface area contributed by atoms with Crippen LogP contribution in [-0.4, -0.2) is 42.3 Å². The number of methoxy groups -OCH3 is 1. The molecule has 1 aliphatic heterocycles. The van der Waals surface area contributed by atoms with Crippen LogP contribution in [0.5, 0.6) is 5.75 Å². The molecule has 1 aromatic carbocycles. The SMILES string of the molecule is COc1ccc(C(=O)NC2CCN(c3cc(-c4cccs4)[nH]n3)CC2)c(C)c1. The Kier molecular flexibility index (Phi) is 5.34. The molecule has 1 saturated heterocycles. The minimum absolute atomic E-state index is 0.0154. The number of benzene rings is 1. The van der Waals surface area contributed by atoms with Crippen molar-refractivity contribution in [2.45, 2.75) is 25.8 Å². The number of nitrogens with one attached hydrogen (secondary N) is 2. The second kappa shape index (κ2) is 8.06. The molecule has 0 atom stereocenters. The summed E-state index contributed by atoms with van der Waals surface area (Å²) in [5, 5.41) is 12.8. The lowest BCUT2D eigenvalue weighted by Crippen LogP contribution is -2.45. The molecule has 4 rings (SSSR count). The predicted molar refractivity (Wildman–Crippen MR) is 112 cm³/mol. The summed E-state index contributed by atoms with van der Waals surface area (Å²) in [6.07, 6.45) is 1.81. The van der Waals surface area contributed by atoms with Crippen molar-refractivity contribution in [3.63, 3.8) is 0 Å². The van der Waals surface area contributed by atoms with Crippen molar-refractivity contribution < 1.29 is 9.53 Å². The number of H-pyrrole nitrogens is 1. The number of thiophene rings is 1. The number of aromatic amines is 1. The fraction of sp³-hybridized carbons (Fsp3) is 0.333. The summed E-state index contributed by atoms with van der Waals surface area (Å²) >= 11 is 1.70. The van der Waals surface area contributed by atoms with Gasteiger partial charge in [0.2, 0.25) is 0 Å². The normalized spacial score (nSPS) is 14.9. The molecule has 1 amide bonds. The van der Waals surface area contributed by atoms with E-state index < -0.39 is 0 Å². The summed E-state index contributed by atoms with van der Waals surface area (Å²) in [5.41, 5.74) is 2.68. The number of aromatic nitrogens is 2. The standard InChI is InChI=1S/C21H24N4O2S/c1-14-12-16(27-2)5-6-17(14)21(26)22-15-7-9-25(10-8-15)20-13-18(23-24-20)19-4-3-11-28-19/h3-6,11-13,15H,7-10H2,1-2H3,(H,22,26)(H,23,24). The first-order valence-corrected chi connectivity index (χ1v) is 10.3. The van der Waals surface area contributed by atoms with E-state index in [0.717, 1.165) is 48.8 Å². The van der Waals surface area contributed by atoms with E-state index in [1.807, 2.05) is 31.2 Å². The summed E-state index contributed by atoms with van der Waals surface area (Å²) in [6.45, 7) is 3.69. The number of rotatable bonds is 5. The van der Waals surface area contributed by atoms with Crippen LogP contribution in [0.25, 0.3) is 10.6 Å². The van der Waals surface area contributed by atoms with Gasteiger partial charge in [0.05, 0.1) is 17.7 Å². The van der Waals surface area contributed by atoms with E-state index in [0.29, 0.717) is 5.56 Å². The van der Waals surface area contributed by atoms with Gasteiger partial charge in [0.15, 0.2) is 5.82 Å². The number of hydrogen-bond donors (Lipinski definition) is 2. The second-order valence-electron chi connectivity index (χ2n) is 7.03. The van der Waals surface area contributed by atoms with Gasteiger partial charge in [-0.2, -0.15) is 5.10 Å². The number of carbonyl (C=O) groups is 1. The quantitative estimate of drug-likeness (QED) is 0.687. The van der Waals surface area contributed by atoms with Gasteiger partial charge in [-0.05, 0) is 55.0 Å². The molecule has 3 aromatic rings. The Balaban J connectivity index is 1.34. The zero-order valence-corrected chi connectivity index (χ0v) is 16.9. The second-order valence-corrected chi connectivity index (χ2v) is 7.98. The molecular weight excluding hydrogens is 372 g/mol. The van der Waals surface area contributed by atoms with E-state index in [1.165, 1.54) is 4.88 Å². The highest BCUT2D eigenvalue weighted by Crippen LogP contribution is 2.27. The lowest BCUT2D eigenvalue weighted by atomic mass is 10.0. The van der Waals surface area contributed by atoms with E-state index in [9.17, 15) is 4.79 Å². The van der Waals surface area contributed by atoms with E-state index in [2.05, 4.69) is 37.9 Å². The molecule has 6 nitrogen and oxygen atoms in total. The lowest BCUT2D eigenvalue weighted by Gasteiger charge is -2.32. The Hall–Kier alpha value is -2.80. The maximum absolute atomic E-state index is 12.6. The highest BCUT2D eigenvalue weighted by Gasteiger charge is 2.23. The summed E-state index contributed by atoms with van der Waals surface area (Å²) in [6, 6.07) is 12.0. The van der Waals surface area contributed by atoms with Crippen LogP contribution >= 0.6 is 11.3 Å². The van der Waals surface area contributed by atoms with E-state index >= 15 is 0 Å². The largest absolute Gasteiger partial charge is 0.497 e. The van der Waals surface area contributed by atoms with Crippen LogP contribution in [0.4, 0.5) is 5.82 Å². The van der Waals surface area contributed by atoms with Crippen LogP contribution in [0.15, 0.2) is 41.8 Å². The number of ether oxygens (including phenoxy) is 1. The Morgan fingerprint density at radius 2 is 2.11 bits per heavy atom. The molecule has 7 heteroatoms. The fourth-order valence-electron chi connectivity index (χ4n) is 3.57. The molecule has 2 aromatic heterocycles. The zero-order valence-electron chi connectivity index (χ0n) is 16.1. The van der Waals surface area contributed by atoms with Crippen molar-refractivity contribution in [2.24, 2.45) is 0 Å². The summed E-state index contributed by atoms with van der Waals surface area (Å²) < 4.78 is 5.21. The van der Waals surface area contributed by atoms with Crippen LogP contribution in [0, 0.1) is 6.92 Å². The number of aryl methyl sites for hydroxylation is 1. The van der Waals surface area contributed by atoms with Gasteiger partial charge in [0, 0.05) is 30.8 Å². The average Bonchev–Trinajstić information content (AvgIpc) is 3.40. The molecule has 0 spiro atoms. The predicted octanol–water partition coefficient (Wildman–Crippen LogP) is 3.85. The fourth-order valence-corrected chi connectivity index (χ4v) is 4.26. The molecule has 1 aliphatic rings. The Morgan fingerprint density at radius 3 is 2.79 bits per heavy atom. The Morgan fingerprint density at radius 1 is 1.29 bits per heavy atom. The monoisotopic (exact) mass is 396 g/mol. The van der Waals surface area contributed by atoms with Crippen molar-refractivity contribution in [1.82, 2.24) is 15.5 Å². The van der Waals surface area contributed by atoms with Crippen molar-refractivity contribution in [2.75, 3.05) is 25.1 Å². The average molecular weight is 397 g/mol.